The van der Waals surface area contributed by atoms with Crippen molar-refractivity contribution in [3.05, 3.63) is 36.0 Å². The molecular weight excluding hydrogens is 358 g/mol. The molecule has 1 aromatic heterocycles. The van der Waals surface area contributed by atoms with Gasteiger partial charge in [-0.1, -0.05) is 12.1 Å². The minimum absolute atomic E-state index is 0.211. The highest BCUT2D eigenvalue weighted by Gasteiger charge is 2.25. The number of nitrogens with one attached hydrogen (secondary N) is 2. The van der Waals surface area contributed by atoms with Crippen molar-refractivity contribution in [3.63, 3.8) is 0 Å². The van der Waals surface area contributed by atoms with E-state index >= 15 is 0 Å². The van der Waals surface area contributed by atoms with Crippen molar-refractivity contribution < 1.29 is 14.3 Å². The standard InChI is InChI=1S/C20H29N5O3/c1-24-19(12-16(23-24)9-11-27-2)22-20(26)21-13-15-8-10-25(14-15)17-6-4-5-7-18(17)28-3/h4-7,12,15H,8-11,13-14H2,1-3H3,(H2,21,22,26). The van der Waals surface area contributed by atoms with Crippen LogP contribution in [-0.4, -0.2) is 56.3 Å². The van der Waals surface area contributed by atoms with Gasteiger partial charge in [-0.25, -0.2) is 4.79 Å². The van der Waals surface area contributed by atoms with Gasteiger partial charge in [0.15, 0.2) is 0 Å². The van der Waals surface area contributed by atoms with Crippen molar-refractivity contribution in [2.75, 3.05) is 50.7 Å². The molecule has 0 spiro atoms. The van der Waals surface area contributed by atoms with Crippen LogP contribution in [0.3, 0.4) is 0 Å². The molecule has 2 aromatic rings. The van der Waals surface area contributed by atoms with E-state index in [0.717, 1.165) is 36.6 Å². The molecule has 2 N–H and O–H groups in total. The van der Waals surface area contributed by atoms with Gasteiger partial charge in [0.2, 0.25) is 0 Å². The zero-order valence-corrected chi connectivity index (χ0v) is 16.8. The second-order valence-electron chi connectivity index (χ2n) is 6.99. The summed E-state index contributed by atoms with van der Waals surface area (Å²) in [7, 11) is 5.17. The third-order valence-electron chi connectivity index (χ3n) is 5.00. The molecule has 8 heteroatoms. The molecule has 1 aliphatic heterocycles. The lowest BCUT2D eigenvalue weighted by molar-refractivity contribution is 0.201. The maximum atomic E-state index is 12.3. The van der Waals surface area contributed by atoms with Crippen LogP contribution in [0, 0.1) is 5.92 Å². The number of anilines is 2. The number of aryl methyl sites for hydroxylation is 1. The number of para-hydroxylation sites is 2. The topological polar surface area (TPSA) is 80.6 Å². The predicted octanol–water partition coefficient (Wildman–Crippen LogP) is 2.27. The SMILES string of the molecule is COCCc1cc(NC(=O)NCC2CCN(c3ccccc3OC)C2)n(C)n1. The Morgan fingerprint density at radius 2 is 2.14 bits per heavy atom. The van der Waals surface area contributed by atoms with Gasteiger partial charge in [-0.3, -0.25) is 10.00 Å². The molecule has 2 amide bonds. The maximum absolute atomic E-state index is 12.3. The van der Waals surface area contributed by atoms with Crippen molar-refractivity contribution >= 4 is 17.5 Å². The lowest BCUT2D eigenvalue weighted by Gasteiger charge is -2.21. The smallest absolute Gasteiger partial charge is 0.320 e. The summed E-state index contributed by atoms with van der Waals surface area (Å²) in [5.41, 5.74) is 2.00. The molecule has 0 bridgehead atoms. The highest BCUT2D eigenvalue weighted by Crippen LogP contribution is 2.31. The normalized spacial score (nSPS) is 16.2. The molecule has 1 aliphatic rings. The number of methoxy groups -OCH3 is 2. The quantitative estimate of drug-likeness (QED) is 0.726. The van der Waals surface area contributed by atoms with Gasteiger partial charge in [-0.15, -0.1) is 0 Å². The van der Waals surface area contributed by atoms with Gasteiger partial charge in [0.25, 0.3) is 0 Å². The van der Waals surface area contributed by atoms with E-state index in [0.29, 0.717) is 31.3 Å². The molecule has 1 aromatic carbocycles. The molecule has 0 radical (unpaired) electrons. The monoisotopic (exact) mass is 387 g/mol. The molecule has 1 saturated heterocycles. The van der Waals surface area contributed by atoms with Crippen LogP contribution in [0.15, 0.2) is 30.3 Å². The first kappa shape index (κ1) is 20.0. The van der Waals surface area contributed by atoms with E-state index in [4.69, 9.17) is 9.47 Å². The largest absolute Gasteiger partial charge is 0.495 e. The highest BCUT2D eigenvalue weighted by molar-refractivity contribution is 5.88. The van der Waals surface area contributed by atoms with Gasteiger partial charge in [-0.2, -0.15) is 5.10 Å². The number of hydrogen-bond acceptors (Lipinski definition) is 5. The first-order valence-corrected chi connectivity index (χ1v) is 9.55. The van der Waals surface area contributed by atoms with Crippen LogP contribution in [0.4, 0.5) is 16.3 Å². The summed E-state index contributed by atoms with van der Waals surface area (Å²) in [6.07, 6.45) is 1.75. The second-order valence-corrected chi connectivity index (χ2v) is 6.99. The fourth-order valence-electron chi connectivity index (χ4n) is 3.48. The Balaban J connectivity index is 1.47. The molecule has 2 heterocycles. The van der Waals surface area contributed by atoms with Crippen LogP contribution in [0.1, 0.15) is 12.1 Å². The number of ether oxygens (including phenoxy) is 2. The number of rotatable bonds is 8. The Morgan fingerprint density at radius 3 is 2.93 bits per heavy atom. The van der Waals surface area contributed by atoms with E-state index in [9.17, 15) is 4.79 Å². The fraction of sp³-hybridized carbons (Fsp3) is 0.500. The Morgan fingerprint density at radius 1 is 1.32 bits per heavy atom. The summed E-state index contributed by atoms with van der Waals surface area (Å²) in [6.45, 7) is 3.09. The molecule has 8 nitrogen and oxygen atoms in total. The van der Waals surface area contributed by atoms with Gasteiger partial charge < -0.3 is 19.7 Å². The van der Waals surface area contributed by atoms with Crippen LogP contribution in [0.2, 0.25) is 0 Å². The molecule has 28 heavy (non-hydrogen) atoms. The first-order chi connectivity index (χ1) is 13.6. The number of urea groups is 1. The molecule has 1 fully saturated rings. The average Bonchev–Trinajstić information content (AvgIpc) is 3.31. The number of nitrogens with zero attached hydrogens (tertiary/aromatic N) is 3. The van der Waals surface area contributed by atoms with Gasteiger partial charge in [-0.05, 0) is 24.5 Å². The number of hydrogen-bond donors (Lipinski definition) is 2. The summed E-state index contributed by atoms with van der Waals surface area (Å²) in [5, 5.41) is 10.2. The lowest BCUT2D eigenvalue weighted by Crippen LogP contribution is -2.34. The number of benzene rings is 1. The zero-order chi connectivity index (χ0) is 19.9. The zero-order valence-electron chi connectivity index (χ0n) is 16.8. The van der Waals surface area contributed by atoms with Crippen LogP contribution in [0.25, 0.3) is 0 Å². The van der Waals surface area contributed by atoms with Crippen molar-refractivity contribution in [2.24, 2.45) is 13.0 Å². The summed E-state index contributed by atoms with van der Waals surface area (Å²) >= 11 is 0. The molecule has 0 saturated carbocycles. The van der Waals surface area contributed by atoms with Gasteiger partial charge in [0.1, 0.15) is 11.6 Å². The second kappa shape index (κ2) is 9.45. The average molecular weight is 387 g/mol. The first-order valence-electron chi connectivity index (χ1n) is 9.55. The van der Waals surface area contributed by atoms with Crippen molar-refractivity contribution in [3.8, 4) is 5.75 Å². The predicted molar refractivity (Wildman–Crippen MR) is 109 cm³/mol. The van der Waals surface area contributed by atoms with Crippen molar-refractivity contribution in [1.82, 2.24) is 15.1 Å². The third kappa shape index (κ3) is 4.95. The number of amides is 2. The Hall–Kier alpha value is -2.74. The fourth-order valence-corrected chi connectivity index (χ4v) is 3.48. The van der Waals surface area contributed by atoms with E-state index in [1.165, 1.54) is 0 Å². The van der Waals surface area contributed by atoms with Gasteiger partial charge in [0, 0.05) is 46.3 Å². The van der Waals surface area contributed by atoms with E-state index in [-0.39, 0.29) is 6.03 Å². The van der Waals surface area contributed by atoms with Gasteiger partial charge in [0.05, 0.1) is 25.1 Å². The number of carbonyl (C=O) groups is 1. The van der Waals surface area contributed by atoms with Crippen LogP contribution in [-0.2, 0) is 18.2 Å². The minimum atomic E-state index is -0.211. The van der Waals surface area contributed by atoms with E-state index in [1.807, 2.05) is 31.3 Å². The van der Waals surface area contributed by atoms with Crippen LogP contribution in [0.5, 0.6) is 5.75 Å². The number of aromatic nitrogens is 2. The summed E-state index contributed by atoms with van der Waals surface area (Å²) in [4.78, 5) is 14.6. The summed E-state index contributed by atoms with van der Waals surface area (Å²) in [5.74, 6) is 1.96. The van der Waals surface area contributed by atoms with Crippen molar-refractivity contribution in [2.45, 2.75) is 12.8 Å². The Bertz CT molecular complexity index is 792. The Kier molecular flexibility index (Phi) is 6.76. The highest BCUT2D eigenvalue weighted by atomic mass is 16.5. The third-order valence-corrected chi connectivity index (χ3v) is 5.00. The Labute approximate surface area is 165 Å². The molecule has 3 rings (SSSR count). The molecule has 152 valence electrons. The summed E-state index contributed by atoms with van der Waals surface area (Å²) in [6, 6.07) is 9.70. The molecule has 0 aliphatic carbocycles. The number of carbonyl (C=O) groups excluding carboxylic acids is 1. The minimum Gasteiger partial charge on any atom is -0.495 e. The van der Waals surface area contributed by atoms with Gasteiger partial charge >= 0.3 is 6.03 Å². The van der Waals surface area contributed by atoms with E-state index < -0.39 is 0 Å². The van der Waals surface area contributed by atoms with E-state index in [2.05, 4.69) is 26.7 Å². The van der Waals surface area contributed by atoms with Crippen molar-refractivity contribution in [1.29, 1.82) is 0 Å². The van der Waals surface area contributed by atoms with Crippen LogP contribution < -0.4 is 20.3 Å². The molecule has 1 unspecified atom stereocenters. The molecular formula is C20H29N5O3. The lowest BCUT2D eigenvalue weighted by atomic mass is 10.1. The van der Waals surface area contributed by atoms with Crippen LogP contribution >= 0.6 is 0 Å². The summed E-state index contributed by atoms with van der Waals surface area (Å²) < 4.78 is 12.2. The molecule has 1 atom stereocenters. The maximum Gasteiger partial charge on any atom is 0.320 e. The van der Waals surface area contributed by atoms with E-state index in [1.54, 1.807) is 18.9 Å².